The van der Waals surface area contributed by atoms with Gasteiger partial charge in [-0.1, -0.05) is 12.1 Å². The molecule has 8 heteroatoms. The predicted molar refractivity (Wildman–Crippen MR) is 116 cm³/mol. The van der Waals surface area contributed by atoms with E-state index in [2.05, 4.69) is 48.3 Å². The van der Waals surface area contributed by atoms with Crippen molar-refractivity contribution < 1.29 is 4.79 Å². The van der Waals surface area contributed by atoms with Crippen LogP contribution in [-0.4, -0.2) is 25.7 Å². The second kappa shape index (κ2) is 8.17. The van der Waals surface area contributed by atoms with E-state index in [0.29, 0.717) is 17.2 Å². The van der Waals surface area contributed by atoms with Gasteiger partial charge in [-0.2, -0.15) is 5.10 Å². The number of nitrogens with zero attached hydrogens (tertiary/aromatic N) is 4. The number of nitrogens with one attached hydrogen (secondary N) is 2. The summed E-state index contributed by atoms with van der Waals surface area (Å²) in [6.07, 6.45) is 4.99. The number of halogens is 1. The monoisotopic (exact) mass is 482 g/mol. The highest BCUT2D eigenvalue weighted by atomic mass is 127. The predicted octanol–water partition coefficient (Wildman–Crippen LogP) is 4.26. The van der Waals surface area contributed by atoms with E-state index in [-0.39, 0.29) is 5.91 Å². The van der Waals surface area contributed by atoms with E-state index in [1.54, 1.807) is 23.0 Å². The van der Waals surface area contributed by atoms with E-state index < -0.39 is 0 Å². The Morgan fingerprint density at radius 2 is 1.75 bits per heavy atom. The molecular formula is C20H15IN6O. The number of benzene rings is 2. The van der Waals surface area contributed by atoms with Crippen molar-refractivity contribution in [2.75, 3.05) is 10.6 Å². The van der Waals surface area contributed by atoms with E-state index in [4.69, 9.17) is 0 Å². The van der Waals surface area contributed by atoms with Crippen molar-refractivity contribution in [2.24, 2.45) is 0 Å². The molecule has 2 aromatic carbocycles. The quantitative estimate of drug-likeness (QED) is 0.416. The maximum atomic E-state index is 12.4. The maximum Gasteiger partial charge on any atom is 0.256 e. The first-order valence-corrected chi connectivity index (χ1v) is 9.52. The maximum absolute atomic E-state index is 12.4. The van der Waals surface area contributed by atoms with Crippen molar-refractivity contribution in [2.45, 2.75) is 0 Å². The van der Waals surface area contributed by atoms with Gasteiger partial charge >= 0.3 is 0 Å². The standard InChI is InChI=1S/C20H15IN6O/c21-17-5-2-1-4-16(17)20(28)26-15-8-6-14(7-9-15)25-18-12-19(23-13-22-18)27-11-3-10-24-27/h1-13H,(H,26,28)(H,22,23,25). The molecule has 0 aliphatic carbocycles. The second-order valence-corrected chi connectivity index (χ2v) is 7.01. The van der Waals surface area contributed by atoms with Crippen LogP contribution in [0.3, 0.4) is 0 Å². The van der Waals surface area contributed by atoms with Crippen molar-refractivity contribution in [3.05, 3.63) is 88.5 Å². The molecular weight excluding hydrogens is 467 g/mol. The highest BCUT2D eigenvalue weighted by Crippen LogP contribution is 2.20. The molecule has 7 nitrogen and oxygen atoms in total. The molecule has 2 N–H and O–H groups in total. The Morgan fingerprint density at radius 3 is 2.50 bits per heavy atom. The molecule has 2 heterocycles. The van der Waals surface area contributed by atoms with Crippen LogP contribution < -0.4 is 10.6 Å². The topological polar surface area (TPSA) is 84.7 Å². The minimum atomic E-state index is -0.134. The zero-order valence-electron chi connectivity index (χ0n) is 14.6. The summed E-state index contributed by atoms with van der Waals surface area (Å²) >= 11 is 2.15. The van der Waals surface area contributed by atoms with E-state index in [1.165, 1.54) is 6.33 Å². The summed E-state index contributed by atoms with van der Waals surface area (Å²) in [5.74, 6) is 1.19. The fourth-order valence-corrected chi connectivity index (χ4v) is 3.21. The molecule has 4 rings (SSSR count). The molecule has 0 unspecified atom stereocenters. The molecule has 2 aromatic heterocycles. The lowest BCUT2D eigenvalue weighted by molar-refractivity contribution is 0.102. The summed E-state index contributed by atoms with van der Waals surface area (Å²) in [6.45, 7) is 0. The average molecular weight is 482 g/mol. The zero-order valence-corrected chi connectivity index (χ0v) is 16.7. The van der Waals surface area contributed by atoms with Crippen LogP contribution in [-0.2, 0) is 0 Å². The fourth-order valence-electron chi connectivity index (χ4n) is 2.57. The van der Waals surface area contributed by atoms with Gasteiger partial charge in [-0.05, 0) is 65.1 Å². The molecule has 28 heavy (non-hydrogen) atoms. The van der Waals surface area contributed by atoms with Crippen LogP contribution in [0, 0.1) is 3.57 Å². The van der Waals surface area contributed by atoms with Crippen molar-refractivity contribution in [1.29, 1.82) is 0 Å². The number of rotatable bonds is 5. The summed E-state index contributed by atoms with van der Waals surface area (Å²) in [5, 5.41) is 10.3. The Labute approximate surface area is 175 Å². The number of hydrogen-bond acceptors (Lipinski definition) is 5. The molecule has 0 radical (unpaired) electrons. The summed E-state index contributed by atoms with van der Waals surface area (Å²) in [5.41, 5.74) is 2.21. The van der Waals surface area contributed by atoms with Gasteiger partial charge in [-0.3, -0.25) is 4.79 Å². The summed E-state index contributed by atoms with van der Waals surface area (Å²) < 4.78 is 2.57. The first-order valence-electron chi connectivity index (χ1n) is 8.44. The average Bonchev–Trinajstić information content (AvgIpc) is 3.25. The number of aromatic nitrogens is 4. The lowest BCUT2D eigenvalue weighted by Gasteiger charge is -2.09. The van der Waals surface area contributed by atoms with E-state index >= 15 is 0 Å². The lowest BCUT2D eigenvalue weighted by atomic mass is 10.2. The number of hydrogen-bond donors (Lipinski definition) is 2. The van der Waals surface area contributed by atoms with Gasteiger partial charge in [-0.25, -0.2) is 14.6 Å². The van der Waals surface area contributed by atoms with Gasteiger partial charge in [0.15, 0.2) is 5.82 Å². The molecule has 1 amide bonds. The third kappa shape index (κ3) is 4.17. The molecule has 0 aliphatic rings. The zero-order chi connectivity index (χ0) is 19.3. The van der Waals surface area contributed by atoms with Gasteiger partial charge < -0.3 is 10.6 Å². The van der Waals surface area contributed by atoms with Gasteiger partial charge in [0.05, 0.1) is 5.56 Å². The SMILES string of the molecule is O=C(Nc1ccc(Nc2cc(-n3cccn3)ncn2)cc1)c1ccccc1I. The largest absolute Gasteiger partial charge is 0.340 e. The molecule has 0 saturated carbocycles. The second-order valence-electron chi connectivity index (χ2n) is 5.85. The summed E-state index contributed by atoms with van der Waals surface area (Å²) in [6, 6.07) is 18.5. The molecule has 0 bridgehead atoms. The van der Waals surface area contributed by atoms with E-state index in [0.717, 1.165) is 14.9 Å². The first kappa shape index (κ1) is 18.1. The number of anilines is 3. The Morgan fingerprint density at radius 1 is 0.964 bits per heavy atom. The Kier molecular flexibility index (Phi) is 5.29. The summed E-state index contributed by atoms with van der Waals surface area (Å²) in [7, 11) is 0. The molecule has 0 spiro atoms. The van der Waals surface area contributed by atoms with Gasteiger partial charge in [0.2, 0.25) is 0 Å². The van der Waals surface area contributed by atoms with Crippen LogP contribution in [0.25, 0.3) is 5.82 Å². The molecule has 0 aliphatic heterocycles. The highest BCUT2D eigenvalue weighted by Gasteiger charge is 2.09. The van der Waals surface area contributed by atoms with Crippen LogP contribution in [0.1, 0.15) is 10.4 Å². The smallest absolute Gasteiger partial charge is 0.256 e. The normalized spacial score (nSPS) is 10.5. The Bertz CT molecular complexity index is 1100. The van der Waals surface area contributed by atoms with Crippen molar-refractivity contribution in [1.82, 2.24) is 19.7 Å². The van der Waals surface area contributed by atoms with Crippen molar-refractivity contribution >= 4 is 45.7 Å². The molecule has 0 atom stereocenters. The van der Waals surface area contributed by atoms with Crippen molar-refractivity contribution in [3.63, 3.8) is 0 Å². The van der Waals surface area contributed by atoms with Gasteiger partial charge in [0.1, 0.15) is 12.1 Å². The van der Waals surface area contributed by atoms with Gasteiger partial charge in [-0.15, -0.1) is 0 Å². The van der Waals surface area contributed by atoms with Gasteiger partial charge in [0, 0.05) is 33.4 Å². The van der Waals surface area contributed by atoms with Crippen LogP contribution in [0.4, 0.5) is 17.2 Å². The Balaban J connectivity index is 1.45. The van der Waals surface area contributed by atoms with Crippen LogP contribution >= 0.6 is 22.6 Å². The number of carbonyl (C=O) groups excluding carboxylic acids is 1. The third-order valence-electron chi connectivity index (χ3n) is 3.93. The molecule has 4 aromatic rings. The highest BCUT2D eigenvalue weighted by molar-refractivity contribution is 14.1. The van der Waals surface area contributed by atoms with Crippen molar-refractivity contribution in [3.8, 4) is 5.82 Å². The number of amides is 1. The van der Waals surface area contributed by atoms with Crippen LogP contribution in [0.15, 0.2) is 79.4 Å². The van der Waals surface area contributed by atoms with E-state index in [1.807, 2.05) is 54.7 Å². The molecule has 0 saturated heterocycles. The van der Waals surface area contributed by atoms with E-state index in [9.17, 15) is 4.79 Å². The molecule has 0 fully saturated rings. The van der Waals surface area contributed by atoms with Gasteiger partial charge in [0.25, 0.3) is 5.91 Å². The summed E-state index contributed by atoms with van der Waals surface area (Å²) in [4.78, 5) is 20.8. The lowest BCUT2D eigenvalue weighted by Crippen LogP contribution is -2.13. The minimum Gasteiger partial charge on any atom is -0.340 e. The number of carbonyl (C=O) groups is 1. The fraction of sp³-hybridized carbons (Fsp3) is 0. The van der Waals surface area contributed by atoms with Crippen LogP contribution in [0.5, 0.6) is 0 Å². The molecule has 138 valence electrons. The minimum absolute atomic E-state index is 0.134. The first-order chi connectivity index (χ1) is 13.7. The van der Waals surface area contributed by atoms with Crippen LogP contribution in [0.2, 0.25) is 0 Å². The Hall–Kier alpha value is -3.27. The third-order valence-corrected chi connectivity index (χ3v) is 4.87.